The molecule has 0 spiro atoms. The monoisotopic (exact) mass is 392 g/mol. The Balaban J connectivity index is 1.30. The fourth-order valence-corrected chi connectivity index (χ4v) is 5.25. The van der Waals surface area contributed by atoms with E-state index in [9.17, 15) is 0 Å². The zero-order valence-electron chi connectivity index (χ0n) is 17.6. The summed E-state index contributed by atoms with van der Waals surface area (Å²) in [6, 6.07) is 3.14. The van der Waals surface area contributed by atoms with Crippen molar-refractivity contribution in [3.63, 3.8) is 0 Å². The lowest BCUT2D eigenvalue weighted by atomic mass is 9.81. The van der Waals surface area contributed by atoms with Crippen LogP contribution in [0.25, 0.3) is 22.2 Å². The molecule has 4 heterocycles. The number of H-pyrrole nitrogens is 1. The summed E-state index contributed by atoms with van der Waals surface area (Å²) in [7, 11) is 4.22. The molecule has 0 aromatic carbocycles. The second-order valence-corrected chi connectivity index (χ2v) is 8.97. The van der Waals surface area contributed by atoms with Gasteiger partial charge in [0.05, 0.1) is 6.20 Å². The first-order chi connectivity index (χ1) is 14.2. The molecule has 3 aromatic heterocycles. The molecule has 0 unspecified atom stereocenters. The molecule has 154 valence electrons. The molecular weight excluding hydrogens is 360 g/mol. The van der Waals surface area contributed by atoms with Crippen LogP contribution in [0.5, 0.6) is 0 Å². The van der Waals surface area contributed by atoms with E-state index in [2.05, 4.69) is 51.6 Å². The first-order valence-electron chi connectivity index (χ1n) is 11.1. The molecule has 0 amide bonds. The Hall–Kier alpha value is -2.18. The van der Waals surface area contributed by atoms with Crippen LogP contribution in [0.4, 0.5) is 0 Å². The summed E-state index contributed by atoms with van der Waals surface area (Å²) in [5.74, 6) is 0.634. The molecule has 29 heavy (non-hydrogen) atoms. The van der Waals surface area contributed by atoms with Crippen LogP contribution in [-0.2, 0) is 7.05 Å². The van der Waals surface area contributed by atoms with Crippen LogP contribution in [0, 0.1) is 0 Å². The molecule has 3 aromatic rings. The third kappa shape index (κ3) is 3.83. The molecule has 2 fully saturated rings. The van der Waals surface area contributed by atoms with E-state index in [-0.39, 0.29) is 0 Å². The summed E-state index contributed by atoms with van der Waals surface area (Å²) in [4.78, 5) is 13.3. The van der Waals surface area contributed by atoms with Crippen molar-refractivity contribution < 1.29 is 0 Å². The van der Waals surface area contributed by atoms with Crippen LogP contribution < -0.4 is 0 Å². The van der Waals surface area contributed by atoms with Crippen molar-refractivity contribution in [3.8, 4) is 11.1 Å². The topological polar surface area (TPSA) is 53.0 Å². The van der Waals surface area contributed by atoms with Gasteiger partial charge in [0.25, 0.3) is 0 Å². The summed E-state index contributed by atoms with van der Waals surface area (Å²) in [5, 5.41) is 5.55. The van der Waals surface area contributed by atoms with E-state index in [0.29, 0.717) is 5.92 Å². The zero-order valence-corrected chi connectivity index (χ0v) is 17.6. The van der Waals surface area contributed by atoms with Crippen molar-refractivity contribution in [2.24, 2.45) is 7.05 Å². The highest BCUT2D eigenvalue weighted by Crippen LogP contribution is 2.37. The lowest BCUT2D eigenvalue weighted by Crippen LogP contribution is -2.40. The molecule has 1 saturated heterocycles. The van der Waals surface area contributed by atoms with Crippen molar-refractivity contribution >= 4 is 11.0 Å². The quantitative estimate of drug-likeness (QED) is 0.740. The summed E-state index contributed by atoms with van der Waals surface area (Å²) in [6.07, 6.45) is 14.6. The molecule has 0 radical (unpaired) electrons. The van der Waals surface area contributed by atoms with Gasteiger partial charge in [-0.3, -0.25) is 9.58 Å². The van der Waals surface area contributed by atoms with Gasteiger partial charge in [0.1, 0.15) is 5.65 Å². The van der Waals surface area contributed by atoms with Gasteiger partial charge < -0.3 is 9.88 Å². The van der Waals surface area contributed by atoms with Crippen LogP contribution in [-0.4, -0.2) is 68.8 Å². The minimum atomic E-state index is 0.634. The molecule has 0 atom stereocenters. The SMILES string of the molecule is CN1CCCN(C2CCC(c3cnc4[nH]cc(-c5cnn(C)c5)c4c3)CC2)CC1. The first kappa shape index (κ1) is 18.8. The molecule has 1 aliphatic carbocycles. The van der Waals surface area contributed by atoms with Gasteiger partial charge in [0, 0.05) is 61.3 Å². The third-order valence-corrected chi connectivity index (χ3v) is 7.01. The molecule has 1 N–H and O–H groups in total. The Morgan fingerprint density at radius 1 is 1.00 bits per heavy atom. The van der Waals surface area contributed by atoms with Crippen molar-refractivity contribution in [1.82, 2.24) is 29.5 Å². The number of rotatable bonds is 3. The maximum absolute atomic E-state index is 4.74. The lowest BCUT2D eigenvalue weighted by molar-refractivity contribution is 0.154. The van der Waals surface area contributed by atoms with Gasteiger partial charge in [-0.15, -0.1) is 0 Å². The minimum Gasteiger partial charge on any atom is -0.346 e. The van der Waals surface area contributed by atoms with Gasteiger partial charge in [-0.05, 0) is 69.8 Å². The number of aromatic nitrogens is 4. The fourth-order valence-electron chi connectivity index (χ4n) is 5.25. The number of aromatic amines is 1. The lowest BCUT2D eigenvalue weighted by Gasteiger charge is -2.36. The summed E-state index contributed by atoms with van der Waals surface area (Å²) < 4.78 is 1.85. The number of likely N-dealkylation sites (N-methyl/N-ethyl adjacent to an activating group) is 1. The van der Waals surface area contributed by atoms with Crippen molar-refractivity contribution in [2.45, 2.75) is 44.1 Å². The number of pyridine rings is 1. The molecule has 0 bridgehead atoms. The number of aryl methyl sites for hydroxylation is 1. The van der Waals surface area contributed by atoms with E-state index >= 15 is 0 Å². The first-order valence-corrected chi connectivity index (χ1v) is 11.1. The van der Waals surface area contributed by atoms with E-state index in [1.54, 1.807) is 0 Å². The molecule has 6 heteroatoms. The van der Waals surface area contributed by atoms with E-state index in [4.69, 9.17) is 4.98 Å². The average Bonchev–Trinajstić information content (AvgIpc) is 3.29. The number of nitrogens with one attached hydrogen (secondary N) is 1. The van der Waals surface area contributed by atoms with Crippen LogP contribution >= 0.6 is 0 Å². The fraction of sp³-hybridized carbons (Fsp3) is 0.565. The maximum Gasteiger partial charge on any atom is 0.137 e. The Labute approximate surface area is 172 Å². The number of fused-ring (bicyclic) bond motifs is 1. The molecule has 1 aliphatic heterocycles. The van der Waals surface area contributed by atoms with Gasteiger partial charge in [0.2, 0.25) is 0 Å². The zero-order chi connectivity index (χ0) is 19.8. The molecule has 1 saturated carbocycles. The summed E-state index contributed by atoms with van der Waals surface area (Å²) in [5.41, 5.74) is 4.71. The van der Waals surface area contributed by atoms with Gasteiger partial charge in [-0.25, -0.2) is 4.98 Å². The van der Waals surface area contributed by atoms with Crippen molar-refractivity contribution in [1.29, 1.82) is 0 Å². The Kier molecular flexibility index (Phi) is 5.14. The summed E-state index contributed by atoms with van der Waals surface area (Å²) in [6.45, 7) is 4.96. The number of hydrogen-bond donors (Lipinski definition) is 1. The van der Waals surface area contributed by atoms with Gasteiger partial charge >= 0.3 is 0 Å². The van der Waals surface area contributed by atoms with Gasteiger partial charge in [0.15, 0.2) is 0 Å². The van der Waals surface area contributed by atoms with Crippen LogP contribution in [0.3, 0.4) is 0 Å². The minimum absolute atomic E-state index is 0.634. The van der Waals surface area contributed by atoms with Crippen molar-refractivity contribution in [2.75, 3.05) is 33.2 Å². The number of hydrogen-bond acceptors (Lipinski definition) is 4. The third-order valence-electron chi connectivity index (χ3n) is 7.01. The van der Waals surface area contributed by atoms with E-state index in [0.717, 1.165) is 17.3 Å². The van der Waals surface area contributed by atoms with Gasteiger partial charge in [-0.2, -0.15) is 5.10 Å². The molecule has 2 aliphatic rings. The van der Waals surface area contributed by atoms with Crippen LogP contribution in [0.15, 0.2) is 30.9 Å². The van der Waals surface area contributed by atoms with Crippen molar-refractivity contribution in [3.05, 3.63) is 36.4 Å². The second kappa shape index (κ2) is 7.92. The number of nitrogens with zero attached hydrogens (tertiary/aromatic N) is 5. The highest BCUT2D eigenvalue weighted by Gasteiger charge is 2.28. The van der Waals surface area contributed by atoms with Crippen LogP contribution in [0.2, 0.25) is 0 Å². The molecular formula is C23H32N6. The highest BCUT2D eigenvalue weighted by atomic mass is 15.2. The van der Waals surface area contributed by atoms with E-state index in [1.807, 2.05) is 17.9 Å². The standard InChI is InChI=1S/C23H32N6/c1-27-8-3-9-29(11-10-27)20-6-4-17(5-7-20)18-12-21-22(15-25-23(21)24-13-18)19-14-26-28(2)16-19/h12-17,20H,3-11H2,1-2H3,(H,24,25). The van der Waals surface area contributed by atoms with E-state index in [1.165, 1.54) is 74.8 Å². The van der Waals surface area contributed by atoms with E-state index < -0.39 is 0 Å². The van der Waals surface area contributed by atoms with Gasteiger partial charge in [-0.1, -0.05) is 0 Å². The Morgan fingerprint density at radius 2 is 1.86 bits per heavy atom. The highest BCUT2D eigenvalue weighted by molar-refractivity contribution is 5.93. The average molecular weight is 393 g/mol. The largest absolute Gasteiger partial charge is 0.346 e. The van der Waals surface area contributed by atoms with Crippen LogP contribution in [0.1, 0.15) is 43.6 Å². The second-order valence-electron chi connectivity index (χ2n) is 8.97. The molecule has 6 nitrogen and oxygen atoms in total. The Morgan fingerprint density at radius 3 is 2.66 bits per heavy atom. The predicted octanol–water partition coefficient (Wildman–Crippen LogP) is 3.63. The predicted molar refractivity (Wildman–Crippen MR) is 117 cm³/mol. The molecule has 5 rings (SSSR count). The normalized spacial score (nSPS) is 24.8. The maximum atomic E-state index is 4.74. The Bertz CT molecular complexity index is 965. The smallest absolute Gasteiger partial charge is 0.137 e. The summed E-state index contributed by atoms with van der Waals surface area (Å²) >= 11 is 0.